The van der Waals surface area contributed by atoms with Crippen molar-refractivity contribution in [2.45, 2.75) is 50.7 Å². The number of carbonyl (C=O) groups is 2. The number of nitrogens with zero attached hydrogens (tertiary/aromatic N) is 4. The molecule has 1 aliphatic heterocycles. The third-order valence-corrected chi connectivity index (χ3v) is 4.91. The normalized spacial score (nSPS) is 23.8. The first-order valence-electron chi connectivity index (χ1n) is 8.56. The molecule has 1 saturated carbocycles. The van der Waals surface area contributed by atoms with Crippen molar-refractivity contribution in [1.29, 1.82) is 0 Å². The highest BCUT2D eigenvalue weighted by molar-refractivity contribution is 5.92. The number of aryl methyl sites for hydroxylation is 2. The number of hydrogen-bond acceptors (Lipinski definition) is 5. The van der Waals surface area contributed by atoms with Crippen molar-refractivity contribution in [3.63, 3.8) is 0 Å². The Bertz CT molecular complexity index is 807. The predicted octanol–water partition coefficient (Wildman–Crippen LogP) is 1.34. The molecule has 8 nitrogen and oxygen atoms in total. The van der Waals surface area contributed by atoms with Gasteiger partial charge in [0.05, 0.1) is 30.3 Å². The van der Waals surface area contributed by atoms with Crippen molar-refractivity contribution in [3.8, 4) is 0 Å². The van der Waals surface area contributed by atoms with Crippen LogP contribution >= 0.6 is 0 Å². The molecule has 4 rings (SSSR count). The van der Waals surface area contributed by atoms with Crippen molar-refractivity contribution >= 4 is 11.8 Å². The molecule has 1 saturated heterocycles. The number of aromatic nitrogens is 3. The summed E-state index contributed by atoms with van der Waals surface area (Å²) < 4.78 is 6.90. The van der Waals surface area contributed by atoms with Crippen molar-refractivity contribution in [3.05, 3.63) is 35.7 Å². The van der Waals surface area contributed by atoms with Gasteiger partial charge in [0.25, 0.3) is 5.91 Å². The smallest absolute Gasteiger partial charge is 0.273 e. The predicted molar refractivity (Wildman–Crippen MR) is 87.5 cm³/mol. The fraction of sp³-hybridized carbons (Fsp3) is 0.529. The quantitative estimate of drug-likeness (QED) is 0.904. The Balaban J connectivity index is 1.63. The lowest BCUT2D eigenvalue weighted by Gasteiger charge is -2.41. The zero-order valence-electron chi connectivity index (χ0n) is 14.3. The van der Waals surface area contributed by atoms with E-state index in [2.05, 4.69) is 15.5 Å². The highest BCUT2D eigenvalue weighted by Gasteiger charge is 2.45. The molecule has 0 bridgehead atoms. The van der Waals surface area contributed by atoms with Crippen LogP contribution in [0.15, 0.2) is 23.1 Å². The van der Waals surface area contributed by atoms with E-state index in [1.165, 1.54) is 0 Å². The Hall–Kier alpha value is -2.64. The lowest BCUT2D eigenvalue weighted by Crippen LogP contribution is -2.53. The number of imidazole rings is 1. The minimum atomic E-state index is -0.279. The summed E-state index contributed by atoms with van der Waals surface area (Å²) in [6.07, 6.45) is 6.57. The Morgan fingerprint density at radius 3 is 2.76 bits per heavy atom. The lowest BCUT2D eigenvalue weighted by atomic mass is 9.92. The van der Waals surface area contributed by atoms with Gasteiger partial charge in [0.15, 0.2) is 5.69 Å². The van der Waals surface area contributed by atoms with Gasteiger partial charge in [0.1, 0.15) is 5.76 Å². The second kappa shape index (κ2) is 6.02. The number of rotatable bonds is 4. The number of nitrogens with one attached hydrogen (secondary N) is 1. The molecular weight excluding hydrogens is 322 g/mol. The summed E-state index contributed by atoms with van der Waals surface area (Å²) in [7, 11) is 1.91. The first kappa shape index (κ1) is 15.9. The molecule has 2 aromatic heterocycles. The van der Waals surface area contributed by atoms with Crippen LogP contribution in [-0.2, 0) is 11.8 Å². The van der Waals surface area contributed by atoms with Crippen molar-refractivity contribution < 1.29 is 14.1 Å². The SMILES string of the molecule is Cc1cc(C(=O)N[C@@H]2CCC(=O)N(C3CC3)[C@H]2c2cncn2C)no1. The van der Waals surface area contributed by atoms with Crippen molar-refractivity contribution in [1.82, 2.24) is 24.9 Å². The highest BCUT2D eigenvalue weighted by Crippen LogP contribution is 2.40. The van der Waals surface area contributed by atoms with E-state index in [-0.39, 0.29) is 35.6 Å². The molecule has 0 unspecified atom stereocenters. The van der Waals surface area contributed by atoms with Crippen LogP contribution < -0.4 is 5.32 Å². The van der Waals surface area contributed by atoms with Gasteiger partial charge in [0.2, 0.25) is 5.91 Å². The molecule has 1 N–H and O–H groups in total. The van der Waals surface area contributed by atoms with E-state index in [4.69, 9.17) is 4.52 Å². The molecule has 2 amide bonds. The lowest BCUT2D eigenvalue weighted by molar-refractivity contribution is -0.138. The van der Waals surface area contributed by atoms with Gasteiger partial charge in [-0.25, -0.2) is 4.98 Å². The van der Waals surface area contributed by atoms with Crippen molar-refractivity contribution in [2.75, 3.05) is 0 Å². The molecule has 0 spiro atoms. The summed E-state index contributed by atoms with van der Waals surface area (Å²) in [5.41, 5.74) is 1.19. The molecule has 2 aromatic rings. The van der Waals surface area contributed by atoms with Crippen LogP contribution in [0.25, 0.3) is 0 Å². The zero-order chi connectivity index (χ0) is 17.6. The maximum atomic E-state index is 12.6. The topological polar surface area (TPSA) is 93.3 Å². The summed E-state index contributed by atoms with van der Waals surface area (Å²) in [6, 6.07) is 1.49. The molecule has 25 heavy (non-hydrogen) atoms. The van der Waals surface area contributed by atoms with Crippen LogP contribution in [0.4, 0.5) is 0 Å². The van der Waals surface area contributed by atoms with Gasteiger partial charge in [0, 0.05) is 25.6 Å². The van der Waals surface area contributed by atoms with E-state index in [0.29, 0.717) is 18.6 Å². The van der Waals surface area contributed by atoms with E-state index in [1.54, 1.807) is 25.5 Å². The summed E-state index contributed by atoms with van der Waals surface area (Å²) in [4.78, 5) is 31.2. The first-order valence-corrected chi connectivity index (χ1v) is 8.56. The van der Waals surface area contributed by atoms with E-state index >= 15 is 0 Å². The van der Waals surface area contributed by atoms with E-state index < -0.39 is 0 Å². The Kier molecular flexibility index (Phi) is 3.82. The number of amides is 2. The second-order valence-electron chi connectivity index (χ2n) is 6.85. The highest BCUT2D eigenvalue weighted by atomic mass is 16.5. The minimum absolute atomic E-state index is 0.150. The van der Waals surface area contributed by atoms with Crippen molar-refractivity contribution in [2.24, 2.45) is 7.05 Å². The first-order chi connectivity index (χ1) is 12.0. The summed E-state index contributed by atoms with van der Waals surface area (Å²) in [5.74, 6) is 0.461. The fourth-order valence-corrected chi connectivity index (χ4v) is 3.57. The van der Waals surface area contributed by atoms with E-state index in [0.717, 1.165) is 18.5 Å². The van der Waals surface area contributed by atoms with Gasteiger partial charge in [-0.1, -0.05) is 5.16 Å². The molecular formula is C17H21N5O3. The average molecular weight is 343 g/mol. The molecule has 0 radical (unpaired) electrons. The molecule has 2 atom stereocenters. The largest absolute Gasteiger partial charge is 0.361 e. The molecule has 132 valence electrons. The van der Waals surface area contributed by atoms with Gasteiger partial charge < -0.3 is 19.3 Å². The third-order valence-electron chi connectivity index (χ3n) is 4.91. The molecule has 3 heterocycles. The average Bonchev–Trinajstić information content (AvgIpc) is 3.18. The van der Waals surface area contributed by atoms with Crippen LogP contribution in [-0.4, -0.2) is 43.5 Å². The fourth-order valence-electron chi connectivity index (χ4n) is 3.57. The van der Waals surface area contributed by atoms with Gasteiger partial charge in [-0.3, -0.25) is 9.59 Å². The Morgan fingerprint density at radius 1 is 1.36 bits per heavy atom. The van der Waals surface area contributed by atoms with Gasteiger partial charge in [-0.2, -0.15) is 0 Å². The number of piperidine rings is 1. The standard InChI is InChI=1S/C17H21N5O3/c1-10-7-13(20-25-10)17(24)19-12-5-6-15(23)22(11-3-4-11)16(12)14-8-18-9-21(14)2/h7-9,11-12,16H,3-6H2,1-2H3,(H,19,24)/t12-,16-/m1/s1. The van der Waals surface area contributed by atoms with Crippen LogP contribution in [0.1, 0.15) is 53.7 Å². The maximum absolute atomic E-state index is 12.6. The molecule has 8 heteroatoms. The summed E-state index contributed by atoms with van der Waals surface area (Å²) in [5, 5.41) is 6.83. The number of hydrogen-bond donors (Lipinski definition) is 1. The molecule has 0 aromatic carbocycles. The number of carbonyl (C=O) groups excluding carboxylic acids is 2. The van der Waals surface area contributed by atoms with Gasteiger partial charge in [-0.15, -0.1) is 0 Å². The monoisotopic (exact) mass is 343 g/mol. The Labute approximate surface area is 145 Å². The molecule has 2 fully saturated rings. The third kappa shape index (κ3) is 2.92. The number of likely N-dealkylation sites (tertiary alicyclic amines) is 1. The zero-order valence-corrected chi connectivity index (χ0v) is 14.3. The van der Waals surface area contributed by atoms with E-state index in [1.807, 2.05) is 16.5 Å². The summed E-state index contributed by atoms with van der Waals surface area (Å²) in [6.45, 7) is 1.75. The maximum Gasteiger partial charge on any atom is 0.273 e. The minimum Gasteiger partial charge on any atom is -0.361 e. The Morgan fingerprint density at radius 2 is 2.16 bits per heavy atom. The van der Waals surface area contributed by atoms with Crippen LogP contribution in [0.5, 0.6) is 0 Å². The van der Waals surface area contributed by atoms with Gasteiger partial charge >= 0.3 is 0 Å². The second-order valence-corrected chi connectivity index (χ2v) is 6.85. The molecule has 1 aliphatic carbocycles. The van der Waals surface area contributed by atoms with Crippen LogP contribution in [0.2, 0.25) is 0 Å². The molecule has 2 aliphatic rings. The van der Waals surface area contributed by atoms with E-state index in [9.17, 15) is 9.59 Å². The van der Waals surface area contributed by atoms with Gasteiger partial charge in [-0.05, 0) is 26.2 Å². The summed E-state index contributed by atoms with van der Waals surface area (Å²) >= 11 is 0. The van der Waals surface area contributed by atoms with Crippen LogP contribution in [0, 0.1) is 6.92 Å². The van der Waals surface area contributed by atoms with Crippen LogP contribution in [0.3, 0.4) is 0 Å².